The first-order valence-electron chi connectivity index (χ1n) is 11.2. The van der Waals surface area contributed by atoms with Crippen molar-refractivity contribution in [3.8, 4) is 11.8 Å². The number of benzene rings is 3. The van der Waals surface area contributed by atoms with Crippen molar-refractivity contribution >= 4 is 52.2 Å². The van der Waals surface area contributed by atoms with E-state index in [0.717, 1.165) is 18.2 Å². The molecule has 3 amide bonds. The average molecular weight is 572 g/mol. The summed E-state index contributed by atoms with van der Waals surface area (Å²) < 4.78 is 44.4. The van der Waals surface area contributed by atoms with Crippen LogP contribution in [0.1, 0.15) is 22.3 Å². The van der Waals surface area contributed by atoms with Gasteiger partial charge in [0.2, 0.25) is 5.91 Å². The maximum Gasteiger partial charge on any atom is 0.416 e. The summed E-state index contributed by atoms with van der Waals surface area (Å²) >= 11 is 6.94. The van der Waals surface area contributed by atoms with Crippen LogP contribution in [0.15, 0.2) is 71.6 Å². The van der Waals surface area contributed by atoms with Gasteiger partial charge in [-0.3, -0.25) is 19.3 Å². The Hall–Kier alpha value is -4.27. The third-order valence-electron chi connectivity index (χ3n) is 5.42. The van der Waals surface area contributed by atoms with E-state index in [1.165, 1.54) is 18.2 Å². The third kappa shape index (κ3) is 6.79. The molecule has 3 aromatic rings. The molecule has 0 aromatic heterocycles. The molecule has 0 saturated carbocycles. The summed E-state index contributed by atoms with van der Waals surface area (Å²) in [6.07, 6.45) is -3.16. The Morgan fingerprint density at radius 1 is 1.10 bits per heavy atom. The normalized spacial score (nSPS) is 14.4. The number of alkyl halides is 3. The van der Waals surface area contributed by atoms with E-state index in [-0.39, 0.29) is 22.2 Å². The van der Waals surface area contributed by atoms with Gasteiger partial charge in [0.25, 0.3) is 11.1 Å². The number of hydrogen-bond acceptors (Lipinski definition) is 6. The predicted molar refractivity (Wildman–Crippen MR) is 140 cm³/mol. The molecule has 1 aliphatic heterocycles. The highest BCUT2D eigenvalue weighted by molar-refractivity contribution is 8.18. The molecule has 198 valence electrons. The largest absolute Gasteiger partial charge is 0.487 e. The molecule has 0 bridgehead atoms. The van der Waals surface area contributed by atoms with Gasteiger partial charge in [-0.1, -0.05) is 41.9 Å². The summed E-state index contributed by atoms with van der Waals surface area (Å²) in [4.78, 5) is 38.2. The Labute approximate surface area is 229 Å². The maximum atomic E-state index is 12.9. The zero-order chi connectivity index (χ0) is 28.2. The molecule has 1 N–H and O–H groups in total. The van der Waals surface area contributed by atoms with Crippen LogP contribution in [-0.2, 0) is 22.4 Å². The van der Waals surface area contributed by atoms with Crippen molar-refractivity contribution in [3.05, 3.63) is 98.9 Å². The van der Waals surface area contributed by atoms with Gasteiger partial charge in [-0.25, -0.2) is 0 Å². The van der Waals surface area contributed by atoms with Crippen LogP contribution in [0.3, 0.4) is 0 Å². The monoisotopic (exact) mass is 571 g/mol. The van der Waals surface area contributed by atoms with Crippen LogP contribution in [-0.4, -0.2) is 28.5 Å². The smallest absolute Gasteiger partial charge is 0.416 e. The highest BCUT2D eigenvalue weighted by Crippen LogP contribution is 2.34. The molecule has 1 saturated heterocycles. The molecule has 1 fully saturated rings. The Bertz CT molecular complexity index is 1540. The fourth-order valence-electron chi connectivity index (χ4n) is 3.54. The second-order valence-corrected chi connectivity index (χ2v) is 9.54. The third-order valence-corrected chi connectivity index (χ3v) is 6.63. The molecule has 1 aliphatic rings. The van der Waals surface area contributed by atoms with E-state index in [2.05, 4.69) is 11.4 Å². The van der Waals surface area contributed by atoms with Crippen molar-refractivity contribution in [2.45, 2.75) is 12.8 Å². The topological polar surface area (TPSA) is 99.5 Å². The molecular formula is C27H17ClF3N3O4S. The lowest BCUT2D eigenvalue weighted by Crippen LogP contribution is -2.36. The van der Waals surface area contributed by atoms with E-state index < -0.39 is 35.3 Å². The standard InChI is InChI=1S/C27H17ClF3N3O4S/c28-21-10-16(8-9-22(21)38-15-18-5-2-1-4-17(18)13-32)11-23-25(36)34(26(37)39-23)14-24(35)33-20-7-3-6-19(12-20)27(29,30)31/h1-12H,14-15H2,(H,33,35)/b23-11-. The molecule has 0 spiro atoms. The number of nitriles is 1. The number of amides is 3. The van der Waals surface area contributed by atoms with Crippen molar-refractivity contribution in [2.75, 3.05) is 11.9 Å². The number of anilines is 1. The van der Waals surface area contributed by atoms with Crippen molar-refractivity contribution in [3.63, 3.8) is 0 Å². The van der Waals surface area contributed by atoms with Crippen molar-refractivity contribution in [2.24, 2.45) is 0 Å². The number of nitrogens with zero attached hydrogens (tertiary/aromatic N) is 2. The van der Waals surface area contributed by atoms with Crippen LogP contribution in [0, 0.1) is 11.3 Å². The van der Waals surface area contributed by atoms with Crippen molar-refractivity contribution < 1.29 is 32.3 Å². The predicted octanol–water partition coefficient (Wildman–Crippen LogP) is 6.48. The van der Waals surface area contributed by atoms with Gasteiger partial charge in [-0.2, -0.15) is 18.4 Å². The second kappa shape index (κ2) is 11.6. The van der Waals surface area contributed by atoms with E-state index in [1.807, 2.05) is 0 Å². The number of carbonyl (C=O) groups is 3. The molecule has 4 rings (SSSR count). The fourth-order valence-corrected chi connectivity index (χ4v) is 4.62. The summed E-state index contributed by atoms with van der Waals surface area (Å²) in [6, 6.07) is 17.8. The Morgan fingerprint density at radius 2 is 1.87 bits per heavy atom. The molecule has 7 nitrogen and oxygen atoms in total. The lowest BCUT2D eigenvalue weighted by molar-refractivity contribution is -0.137. The minimum absolute atomic E-state index is 0.0413. The number of ether oxygens (including phenoxy) is 1. The number of thioether (sulfide) groups is 1. The van der Waals surface area contributed by atoms with E-state index >= 15 is 0 Å². The van der Waals surface area contributed by atoms with E-state index in [9.17, 15) is 32.8 Å². The second-order valence-electron chi connectivity index (χ2n) is 8.14. The molecule has 0 radical (unpaired) electrons. The van der Waals surface area contributed by atoms with Crippen molar-refractivity contribution in [1.29, 1.82) is 5.26 Å². The summed E-state index contributed by atoms with van der Waals surface area (Å²) in [5, 5.41) is 11.0. The Morgan fingerprint density at radius 3 is 2.59 bits per heavy atom. The number of carbonyl (C=O) groups excluding carboxylic acids is 3. The summed E-state index contributed by atoms with van der Waals surface area (Å²) in [5.74, 6) is -1.21. The lowest BCUT2D eigenvalue weighted by atomic mass is 10.1. The minimum Gasteiger partial charge on any atom is -0.487 e. The van der Waals surface area contributed by atoms with E-state index in [1.54, 1.807) is 36.4 Å². The molecular weight excluding hydrogens is 555 g/mol. The first-order valence-corrected chi connectivity index (χ1v) is 12.4. The summed E-state index contributed by atoms with van der Waals surface area (Å²) in [6.45, 7) is -0.555. The van der Waals surface area contributed by atoms with Crippen LogP contribution in [0.5, 0.6) is 5.75 Å². The molecule has 0 unspecified atom stereocenters. The first-order chi connectivity index (χ1) is 18.5. The molecule has 0 aliphatic carbocycles. The van der Waals surface area contributed by atoms with Gasteiger partial charge in [0, 0.05) is 11.3 Å². The molecule has 3 aromatic carbocycles. The van der Waals surface area contributed by atoms with Crippen LogP contribution < -0.4 is 10.1 Å². The maximum absolute atomic E-state index is 12.9. The van der Waals surface area contributed by atoms with E-state index in [0.29, 0.717) is 39.1 Å². The SMILES string of the molecule is N#Cc1ccccc1COc1ccc(/C=C2\SC(=O)N(CC(=O)Nc3cccc(C(F)(F)F)c3)C2=O)cc1Cl. The molecule has 39 heavy (non-hydrogen) atoms. The average Bonchev–Trinajstić information content (AvgIpc) is 3.15. The summed E-state index contributed by atoms with van der Waals surface area (Å²) in [7, 11) is 0. The fraction of sp³-hybridized carbons (Fsp3) is 0.111. The van der Waals surface area contributed by atoms with Gasteiger partial charge in [-0.05, 0) is 59.8 Å². The van der Waals surface area contributed by atoms with Gasteiger partial charge >= 0.3 is 6.18 Å². The number of halogens is 4. The van der Waals surface area contributed by atoms with Crippen molar-refractivity contribution in [1.82, 2.24) is 4.90 Å². The lowest BCUT2D eigenvalue weighted by Gasteiger charge is -2.13. The minimum atomic E-state index is -4.59. The number of imide groups is 1. The highest BCUT2D eigenvalue weighted by atomic mass is 35.5. The summed E-state index contributed by atoms with van der Waals surface area (Å²) in [5.41, 5.74) is 0.584. The molecule has 12 heteroatoms. The number of hydrogen-bond donors (Lipinski definition) is 1. The Kier molecular flexibility index (Phi) is 8.28. The highest BCUT2D eigenvalue weighted by Gasteiger charge is 2.36. The first kappa shape index (κ1) is 27.8. The van der Waals surface area contributed by atoms with Gasteiger partial charge < -0.3 is 10.1 Å². The van der Waals surface area contributed by atoms with Crippen LogP contribution in [0.4, 0.5) is 23.7 Å². The zero-order valence-corrected chi connectivity index (χ0v) is 21.4. The van der Waals surface area contributed by atoms with Gasteiger partial charge in [0.1, 0.15) is 18.9 Å². The van der Waals surface area contributed by atoms with Gasteiger partial charge in [0.05, 0.1) is 27.1 Å². The quantitative estimate of drug-likeness (QED) is 0.326. The van der Waals surface area contributed by atoms with E-state index in [4.69, 9.17) is 16.3 Å². The van der Waals surface area contributed by atoms with Gasteiger partial charge in [0.15, 0.2) is 0 Å². The molecule has 0 atom stereocenters. The Balaban J connectivity index is 1.40. The number of nitrogens with one attached hydrogen (secondary N) is 1. The van der Waals surface area contributed by atoms with Crippen LogP contribution in [0.2, 0.25) is 5.02 Å². The van der Waals surface area contributed by atoms with Gasteiger partial charge in [-0.15, -0.1) is 0 Å². The number of rotatable bonds is 7. The zero-order valence-electron chi connectivity index (χ0n) is 19.8. The van der Waals surface area contributed by atoms with Crippen LogP contribution >= 0.6 is 23.4 Å². The van der Waals surface area contributed by atoms with Crippen LogP contribution in [0.25, 0.3) is 6.08 Å². The molecule has 1 heterocycles.